The molecule has 1 fully saturated rings. The summed E-state index contributed by atoms with van der Waals surface area (Å²) in [7, 11) is 0. The van der Waals surface area contributed by atoms with Gasteiger partial charge in [0.05, 0.1) is 6.10 Å². The molecule has 0 radical (unpaired) electrons. The monoisotopic (exact) mass is 263 g/mol. The summed E-state index contributed by atoms with van der Waals surface area (Å²) >= 11 is 4.71. The maximum absolute atomic E-state index is 9.84. The number of nitrogens with zero attached hydrogens (tertiary/aromatic N) is 1. The molecule has 2 rings (SSSR count). The highest BCUT2D eigenvalue weighted by molar-refractivity contribution is 9.10. The zero-order valence-electron chi connectivity index (χ0n) is 6.94. The summed E-state index contributed by atoms with van der Waals surface area (Å²) in [6.07, 6.45) is 1.35. The van der Waals surface area contributed by atoms with E-state index in [4.69, 9.17) is 4.74 Å². The number of rotatable bonds is 2. The minimum Gasteiger partial charge on any atom is -0.383 e. The second kappa shape index (κ2) is 4.04. The molecule has 3 nitrogen and oxygen atoms in total. The summed E-state index contributed by atoms with van der Waals surface area (Å²) in [6, 6.07) is 0. The molecule has 1 saturated heterocycles. The SMILES string of the molecule is OC(c1nc(Br)cs1)C1CCCO1. The minimum absolute atomic E-state index is 0.0574. The van der Waals surface area contributed by atoms with E-state index < -0.39 is 6.10 Å². The van der Waals surface area contributed by atoms with Crippen LogP contribution in [0.2, 0.25) is 0 Å². The highest BCUT2D eigenvalue weighted by Gasteiger charge is 2.27. The third kappa shape index (κ3) is 2.10. The summed E-state index contributed by atoms with van der Waals surface area (Å²) in [4.78, 5) is 4.16. The van der Waals surface area contributed by atoms with Gasteiger partial charge in [0.2, 0.25) is 0 Å². The van der Waals surface area contributed by atoms with Gasteiger partial charge in [0, 0.05) is 12.0 Å². The van der Waals surface area contributed by atoms with Gasteiger partial charge in [0.1, 0.15) is 15.7 Å². The van der Waals surface area contributed by atoms with Gasteiger partial charge in [-0.2, -0.15) is 0 Å². The van der Waals surface area contributed by atoms with E-state index in [1.54, 1.807) is 0 Å². The van der Waals surface area contributed by atoms with Crippen LogP contribution in [0.5, 0.6) is 0 Å². The zero-order chi connectivity index (χ0) is 9.26. The maximum Gasteiger partial charge on any atom is 0.132 e. The molecule has 1 N–H and O–H groups in total. The van der Waals surface area contributed by atoms with Crippen LogP contribution in [-0.4, -0.2) is 22.8 Å². The van der Waals surface area contributed by atoms with Crippen molar-refractivity contribution in [3.63, 3.8) is 0 Å². The molecule has 5 heteroatoms. The average Bonchev–Trinajstić information content (AvgIpc) is 2.72. The van der Waals surface area contributed by atoms with Crippen molar-refractivity contribution in [3.05, 3.63) is 15.0 Å². The largest absolute Gasteiger partial charge is 0.383 e. The number of halogens is 1. The first-order valence-electron chi connectivity index (χ1n) is 4.18. The van der Waals surface area contributed by atoms with Crippen molar-refractivity contribution in [3.8, 4) is 0 Å². The molecule has 2 heterocycles. The van der Waals surface area contributed by atoms with Crippen LogP contribution in [0.3, 0.4) is 0 Å². The molecular weight excluding hydrogens is 254 g/mol. The van der Waals surface area contributed by atoms with Crippen molar-refractivity contribution < 1.29 is 9.84 Å². The molecule has 2 unspecified atom stereocenters. The van der Waals surface area contributed by atoms with Gasteiger partial charge in [-0.15, -0.1) is 11.3 Å². The molecule has 0 aliphatic carbocycles. The van der Waals surface area contributed by atoms with Crippen LogP contribution in [0.4, 0.5) is 0 Å². The Kier molecular flexibility index (Phi) is 2.98. The fourth-order valence-electron chi connectivity index (χ4n) is 1.41. The molecule has 0 amide bonds. The van der Waals surface area contributed by atoms with E-state index in [9.17, 15) is 5.11 Å². The Balaban J connectivity index is 2.07. The van der Waals surface area contributed by atoms with E-state index in [1.165, 1.54) is 11.3 Å². The lowest BCUT2D eigenvalue weighted by Crippen LogP contribution is -2.16. The van der Waals surface area contributed by atoms with Gasteiger partial charge in [-0.3, -0.25) is 0 Å². The number of aliphatic hydroxyl groups is 1. The van der Waals surface area contributed by atoms with Crippen LogP contribution in [-0.2, 0) is 4.74 Å². The molecule has 1 aliphatic rings. The number of hydrogen-bond donors (Lipinski definition) is 1. The van der Waals surface area contributed by atoms with E-state index in [-0.39, 0.29) is 6.10 Å². The topological polar surface area (TPSA) is 42.4 Å². The molecule has 2 atom stereocenters. The summed E-state index contributed by atoms with van der Waals surface area (Å²) in [6.45, 7) is 0.758. The normalized spacial score (nSPS) is 24.9. The second-order valence-corrected chi connectivity index (χ2v) is 4.71. The molecule has 13 heavy (non-hydrogen) atoms. The van der Waals surface area contributed by atoms with Gasteiger partial charge in [-0.1, -0.05) is 0 Å². The zero-order valence-corrected chi connectivity index (χ0v) is 9.34. The van der Waals surface area contributed by atoms with Crippen molar-refractivity contribution in [1.82, 2.24) is 4.98 Å². The van der Waals surface area contributed by atoms with Gasteiger partial charge in [-0.05, 0) is 28.8 Å². The predicted octanol–water partition coefficient (Wildman–Crippen LogP) is 2.12. The molecule has 0 bridgehead atoms. The lowest BCUT2D eigenvalue weighted by Gasteiger charge is -2.14. The van der Waals surface area contributed by atoms with Crippen LogP contribution in [0.15, 0.2) is 9.98 Å². The van der Waals surface area contributed by atoms with Gasteiger partial charge in [-0.25, -0.2) is 4.98 Å². The minimum atomic E-state index is -0.557. The fraction of sp³-hybridized carbons (Fsp3) is 0.625. The standard InChI is InChI=1S/C8H10BrNO2S/c9-6-4-13-8(10-6)7(11)5-2-1-3-12-5/h4-5,7,11H,1-3H2. The summed E-state index contributed by atoms with van der Waals surface area (Å²) in [5, 5.41) is 12.4. The Hall–Kier alpha value is 0.0300. The number of aliphatic hydroxyl groups excluding tert-OH is 1. The lowest BCUT2D eigenvalue weighted by atomic mass is 10.1. The number of aromatic nitrogens is 1. The van der Waals surface area contributed by atoms with Crippen molar-refractivity contribution in [2.75, 3.05) is 6.61 Å². The van der Waals surface area contributed by atoms with Gasteiger partial charge in [0.15, 0.2) is 0 Å². The van der Waals surface area contributed by atoms with E-state index in [1.807, 2.05) is 5.38 Å². The third-order valence-electron chi connectivity index (χ3n) is 2.06. The van der Waals surface area contributed by atoms with Crippen LogP contribution < -0.4 is 0 Å². The van der Waals surface area contributed by atoms with Crippen molar-refractivity contribution >= 4 is 27.3 Å². The Morgan fingerprint density at radius 3 is 3.15 bits per heavy atom. The molecule has 72 valence electrons. The third-order valence-corrected chi connectivity index (χ3v) is 3.69. The number of ether oxygens (including phenoxy) is 1. The first-order chi connectivity index (χ1) is 6.27. The smallest absolute Gasteiger partial charge is 0.132 e. The summed E-state index contributed by atoms with van der Waals surface area (Å²) < 4.78 is 6.16. The first kappa shape index (κ1) is 9.58. The lowest BCUT2D eigenvalue weighted by molar-refractivity contribution is -0.00272. The predicted molar refractivity (Wildman–Crippen MR) is 53.7 cm³/mol. The van der Waals surface area contributed by atoms with Crippen molar-refractivity contribution in [1.29, 1.82) is 0 Å². The quantitative estimate of drug-likeness (QED) is 0.889. The number of thiazole rings is 1. The van der Waals surface area contributed by atoms with Crippen LogP contribution >= 0.6 is 27.3 Å². The van der Waals surface area contributed by atoms with E-state index in [2.05, 4.69) is 20.9 Å². The molecule has 0 spiro atoms. The van der Waals surface area contributed by atoms with E-state index in [0.29, 0.717) is 0 Å². The Morgan fingerprint density at radius 2 is 2.62 bits per heavy atom. The molecule has 1 aliphatic heterocycles. The molecule has 0 saturated carbocycles. The van der Waals surface area contributed by atoms with Gasteiger partial charge in [0.25, 0.3) is 0 Å². The van der Waals surface area contributed by atoms with Crippen LogP contribution in [0.1, 0.15) is 24.0 Å². The molecular formula is C8H10BrNO2S. The highest BCUT2D eigenvalue weighted by atomic mass is 79.9. The van der Waals surface area contributed by atoms with E-state index >= 15 is 0 Å². The Labute approximate surface area is 88.9 Å². The van der Waals surface area contributed by atoms with Gasteiger partial charge < -0.3 is 9.84 Å². The van der Waals surface area contributed by atoms with Crippen molar-refractivity contribution in [2.24, 2.45) is 0 Å². The highest BCUT2D eigenvalue weighted by Crippen LogP contribution is 2.29. The fourth-order valence-corrected chi connectivity index (χ4v) is 2.72. The first-order valence-corrected chi connectivity index (χ1v) is 5.85. The number of hydrogen-bond acceptors (Lipinski definition) is 4. The molecule has 0 aromatic carbocycles. The van der Waals surface area contributed by atoms with Crippen molar-refractivity contribution in [2.45, 2.75) is 25.0 Å². The molecule has 1 aromatic heterocycles. The van der Waals surface area contributed by atoms with E-state index in [0.717, 1.165) is 29.1 Å². The Morgan fingerprint density at radius 1 is 1.77 bits per heavy atom. The molecule has 1 aromatic rings. The van der Waals surface area contributed by atoms with Gasteiger partial charge >= 0.3 is 0 Å². The van der Waals surface area contributed by atoms with Crippen LogP contribution in [0, 0.1) is 0 Å². The second-order valence-electron chi connectivity index (χ2n) is 3.00. The Bertz CT molecular complexity index is 285. The average molecular weight is 264 g/mol. The summed E-state index contributed by atoms with van der Waals surface area (Å²) in [5.74, 6) is 0. The maximum atomic E-state index is 9.84. The summed E-state index contributed by atoms with van der Waals surface area (Å²) in [5.41, 5.74) is 0. The van der Waals surface area contributed by atoms with Crippen LogP contribution in [0.25, 0.3) is 0 Å².